The van der Waals surface area contributed by atoms with Crippen LogP contribution in [0.5, 0.6) is 11.5 Å². The van der Waals surface area contributed by atoms with E-state index in [4.69, 9.17) is 90.9 Å². The van der Waals surface area contributed by atoms with Crippen molar-refractivity contribution in [2.45, 2.75) is 164 Å². The Kier molecular flexibility index (Phi) is 54.7. The average Bonchev–Trinajstić information content (AvgIpc) is 0.877. The van der Waals surface area contributed by atoms with Gasteiger partial charge in [0.15, 0.2) is 13.2 Å². The van der Waals surface area contributed by atoms with E-state index in [-0.39, 0.29) is 98.3 Å². The molecule has 2 unspecified atom stereocenters. The summed E-state index contributed by atoms with van der Waals surface area (Å²) in [6.45, 7) is 29.0. The summed E-state index contributed by atoms with van der Waals surface area (Å²) in [5, 5.41) is 34.9. The molecule has 0 aliphatic rings. The number of carbonyl (C=O) groups excluding carboxylic acids is 7. The Morgan fingerprint density at radius 2 is 0.670 bits per heavy atom. The van der Waals surface area contributed by atoms with Gasteiger partial charge in [-0.1, -0.05) is 54.6 Å². The number of ether oxygens (including phenoxy) is 15. The van der Waals surface area contributed by atoms with Crippen LogP contribution in [0.4, 0.5) is 9.59 Å². The molecule has 0 saturated heterocycles. The molecule has 32 nitrogen and oxygen atoms in total. The number of alkyl carbamates (subject to hydrolysis) is 2. The first-order valence-electron chi connectivity index (χ1n) is 34.1. The molecule has 0 spiro atoms. The number of rotatable bonds is 46. The van der Waals surface area contributed by atoms with Crippen LogP contribution in [0.15, 0.2) is 78.9 Å². The smallest absolute Gasteiger partial charge is 0.407 e. The summed E-state index contributed by atoms with van der Waals surface area (Å²) in [6.07, 6.45) is -0.683. The molecule has 106 heavy (non-hydrogen) atoms. The maximum atomic E-state index is 13.1. The van der Waals surface area contributed by atoms with Gasteiger partial charge < -0.3 is 108 Å². The Morgan fingerprint density at radius 1 is 0.377 bits per heavy atom. The Hall–Kier alpha value is -8.10. The monoisotopic (exact) mass is 1600 g/mol. The standard InChI is InChI=1S/C38H56N2O12.C31H50N2O12.2C2H4O2.Pd/c1-37(2,3)51-34(42)28-49-31-14-12-29(13-15-31)26-32(35(43)50-27-30-10-8-7-9-11-30)40-33(41)16-18-45-20-22-47-24-25-48-23-21-46-19-17-39-36(44)52-38(4,5)6;1-30(2,3)44-27(35)22-43-24-9-7-23(8-10-24)21-25(28(36)37)33-26(34)11-13-39-15-17-41-19-20-42-18-16-40-14-12-32-29(38)45-31(4,5)6;2*1-2(3)4;/h7-15,32H,16-28H2,1-6H3,(H,39,44)(H,40,41);7-10,25H,11-22H2,1-6H3,(H,32,38)(H,33,34)(H,36,37);2*1H3,(H,3,4);. The Balaban J connectivity index is 0. The maximum Gasteiger partial charge on any atom is 0.407 e. The van der Waals surface area contributed by atoms with Crippen LogP contribution in [0.25, 0.3) is 0 Å². The third-order valence-corrected chi connectivity index (χ3v) is 11.8. The molecule has 3 rings (SSSR count). The van der Waals surface area contributed by atoms with E-state index in [9.17, 15) is 43.5 Å². The van der Waals surface area contributed by atoms with Crippen molar-refractivity contribution < 1.29 is 155 Å². The molecular weight excluding hydrogens is 1490 g/mol. The largest absolute Gasteiger partial charge is 0.482 e. The molecule has 0 aromatic heterocycles. The van der Waals surface area contributed by atoms with E-state index >= 15 is 0 Å². The van der Waals surface area contributed by atoms with Gasteiger partial charge in [-0.15, -0.1) is 0 Å². The fraction of sp³-hybridized carbons (Fsp3) is 0.616. The third kappa shape index (κ3) is 65.4. The first kappa shape index (κ1) is 100.0. The van der Waals surface area contributed by atoms with Gasteiger partial charge >= 0.3 is 36.1 Å². The second-order valence-corrected chi connectivity index (χ2v) is 26.4. The van der Waals surface area contributed by atoms with Crippen LogP contribution in [-0.2, 0) is 140 Å². The zero-order chi connectivity index (χ0) is 79.1. The van der Waals surface area contributed by atoms with Crippen LogP contribution in [0, 0.1) is 0 Å². The minimum Gasteiger partial charge on any atom is -0.482 e. The summed E-state index contributed by atoms with van der Waals surface area (Å²) in [5.74, 6) is -4.29. The molecule has 2 atom stereocenters. The van der Waals surface area contributed by atoms with E-state index < -0.39 is 88.4 Å². The van der Waals surface area contributed by atoms with Crippen LogP contribution in [-0.4, -0.2) is 242 Å². The molecule has 604 valence electrons. The predicted molar refractivity (Wildman–Crippen MR) is 382 cm³/mol. The van der Waals surface area contributed by atoms with Crippen LogP contribution in [0.3, 0.4) is 0 Å². The van der Waals surface area contributed by atoms with E-state index in [1.54, 1.807) is 132 Å². The van der Waals surface area contributed by atoms with Crippen molar-refractivity contribution in [1.82, 2.24) is 21.3 Å². The normalized spacial score (nSPS) is 11.6. The number of carboxylic acids is 3. The molecule has 3 aromatic carbocycles. The van der Waals surface area contributed by atoms with Gasteiger partial charge in [0.2, 0.25) is 11.8 Å². The third-order valence-electron chi connectivity index (χ3n) is 11.8. The van der Waals surface area contributed by atoms with Crippen molar-refractivity contribution >= 4 is 59.8 Å². The molecule has 3 aromatic rings. The minimum atomic E-state index is -1.16. The van der Waals surface area contributed by atoms with Gasteiger partial charge in [0.1, 0.15) is 52.6 Å². The van der Waals surface area contributed by atoms with Crippen LogP contribution < -0.4 is 30.7 Å². The van der Waals surface area contributed by atoms with Gasteiger partial charge in [-0.3, -0.25) is 19.2 Å². The molecule has 0 aliphatic heterocycles. The van der Waals surface area contributed by atoms with Crippen molar-refractivity contribution in [3.63, 3.8) is 0 Å². The Bertz CT molecular complexity index is 2910. The molecule has 0 aliphatic carbocycles. The number of amides is 4. The van der Waals surface area contributed by atoms with E-state index in [0.717, 1.165) is 25.0 Å². The number of aliphatic carboxylic acids is 3. The van der Waals surface area contributed by atoms with E-state index in [0.29, 0.717) is 109 Å². The minimum absolute atomic E-state index is 0. The predicted octanol–water partition coefficient (Wildman–Crippen LogP) is 6.84. The average molecular weight is 1600 g/mol. The van der Waals surface area contributed by atoms with Crippen molar-refractivity contribution in [3.8, 4) is 11.5 Å². The summed E-state index contributed by atoms with van der Waals surface area (Å²) in [7, 11) is 0. The zero-order valence-electron chi connectivity index (χ0n) is 63.7. The first-order valence-corrected chi connectivity index (χ1v) is 34.1. The van der Waals surface area contributed by atoms with Crippen molar-refractivity contribution in [2.75, 3.05) is 132 Å². The fourth-order valence-corrected chi connectivity index (χ4v) is 7.63. The number of carbonyl (C=O) groups is 10. The quantitative estimate of drug-likeness (QED) is 0.0132. The zero-order valence-corrected chi connectivity index (χ0v) is 65.3. The topological polar surface area (TPSA) is 418 Å². The molecule has 0 fully saturated rings. The molecular formula is C73H114N4O28Pd. The molecule has 0 radical (unpaired) electrons. The van der Waals surface area contributed by atoms with Crippen LogP contribution in [0.1, 0.15) is 126 Å². The molecule has 7 N–H and O–H groups in total. The maximum absolute atomic E-state index is 13.1. The molecule has 0 heterocycles. The SMILES string of the molecule is CC(=O)O.CC(=O)O.CC(C)(C)OC(=O)COc1ccc(CC(NC(=O)CCOCCOCCOCCOCCNC(=O)OC(C)(C)C)C(=O)O)cc1.CC(C)(C)OC(=O)COc1ccc(CC(NC(=O)CCOCCOCCOCCOCCNC(=O)OC(C)(C)C)C(=O)OCc2ccccc2)cc1.[Pd]. The first-order chi connectivity index (χ1) is 49.3. The van der Waals surface area contributed by atoms with Crippen LogP contribution >= 0.6 is 0 Å². The summed E-state index contributed by atoms with van der Waals surface area (Å²) < 4.78 is 80.6. The summed E-state index contributed by atoms with van der Waals surface area (Å²) in [6, 6.07) is 20.7. The summed E-state index contributed by atoms with van der Waals surface area (Å²) in [4.78, 5) is 115. The second kappa shape index (κ2) is 58.1. The van der Waals surface area contributed by atoms with E-state index in [1.165, 1.54) is 0 Å². The Labute approximate surface area is 635 Å². The molecule has 0 saturated carbocycles. The van der Waals surface area contributed by atoms with Gasteiger partial charge in [-0.05, 0) is 124 Å². The number of hydrogen-bond acceptors (Lipinski definition) is 25. The number of carboxylic acid groups (broad SMARTS) is 3. The Morgan fingerprint density at radius 3 is 0.981 bits per heavy atom. The van der Waals surface area contributed by atoms with Crippen LogP contribution in [0.2, 0.25) is 0 Å². The molecule has 0 bridgehead atoms. The number of hydrogen-bond donors (Lipinski definition) is 7. The van der Waals surface area contributed by atoms with Gasteiger partial charge in [-0.25, -0.2) is 28.8 Å². The van der Waals surface area contributed by atoms with Gasteiger partial charge in [0.05, 0.1) is 106 Å². The van der Waals surface area contributed by atoms with Gasteiger partial charge in [0, 0.05) is 73.0 Å². The molecule has 4 amide bonds. The van der Waals surface area contributed by atoms with Crippen molar-refractivity contribution in [3.05, 3.63) is 95.6 Å². The van der Waals surface area contributed by atoms with Gasteiger partial charge in [0.25, 0.3) is 11.9 Å². The summed E-state index contributed by atoms with van der Waals surface area (Å²) >= 11 is 0. The van der Waals surface area contributed by atoms with Gasteiger partial charge in [-0.2, -0.15) is 0 Å². The van der Waals surface area contributed by atoms with Crippen molar-refractivity contribution in [1.29, 1.82) is 0 Å². The van der Waals surface area contributed by atoms with Crippen molar-refractivity contribution in [2.24, 2.45) is 0 Å². The molecule has 33 heteroatoms. The fourth-order valence-electron chi connectivity index (χ4n) is 7.63. The van der Waals surface area contributed by atoms with E-state index in [2.05, 4.69) is 21.3 Å². The summed E-state index contributed by atoms with van der Waals surface area (Å²) in [5.41, 5.74) is -0.0574. The number of nitrogens with one attached hydrogen (secondary N) is 4. The number of benzene rings is 3. The second-order valence-electron chi connectivity index (χ2n) is 26.4. The number of esters is 3. The van der Waals surface area contributed by atoms with E-state index in [1.807, 2.05) is 30.3 Å².